The highest BCUT2D eigenvalue weighted by Gasteiger charge is 2.21. The van der Waals surface area contributed by atoms with Crippen molar-refractivity contribution in [2.24, 2.45) is 0 Å². The minimum atomic E-state index is -2.34. The molecular formula is C7H9FN2O. The summed E-state index contributed by atoms with van der Waals surface area (Å²) in [7, 11) is 0. The number of aromatic nitrogens is 2. The third-order valence-corrected chi connectivity index (χ3v) is 1.31. The maximum atomic E-state index is 12.7. The first-order valence-electron chi connectivity index (χ1n) is 3.20. The lowest BCUT2D eigenvalue weighted by Gasteiger charge is -2.11. The number of nitrogens with zero attached hydrogens (tertiary/aromatic N) is 2. The van der Waals surface area contributed by atoms with Crippen molar-refractivity contribution < 1.29 is 9.50 Å². The predicted octanol–water partition coefficient (Wildman–Crippen LogP) is 0.920. The average molecular weight is 156 g/mol. The molecule has 11 heavy (non-hydrogen) atoms. The standard InChI is InChI=1S/C7H9FN2O/c1-5-9-3-6(4-10-5)7(2,8)11/h3-4,11H,1-2H3. The van der Waals surface area contributed by atoms with Gasteiger partial charge in [0.1, 0.15) is 5.82 Å². The zero-order valence-corrected chi connectivity index (χ0v) is 6.37. The zero-order chi connectivity index (χ0) is 8.48. The Kier molecular flexibility index (Phi) is 1.87. The number of rotatable bonds is 1. The van der Waals surface area contributed by atoms with Crippen molar-refractivity contribution in [3.05, 3.63) is 23.8 Å². The van der Waals surface area contributed by atoms with Gasteiger partial charge in [-0.3, -0.25) is 0 Å². The molecule has 0 aliphatic rings. The summed E-state index contributed by atoms with van der Waals surface area (Å²) in [6, 6.07) is 0. The largest absolute Gasteiger partial charge is 0.358 e. The first-order chi connectivity index (χ1) is 5.00. The zero-order valence-electron chi connectivity index (χ0n) is 6.37. The fraction of sp³-hybridized carbons (Fsp3) is 0.429. The third-order valence-electron chi connectivity index (χ3n) is 1.31. The molecule has 0 aromatic carbocycles. The Morgan fingerprint density at radius 3 is 2.27 bits per heavy atom. The Labute approximate surface area is 63.9 Å². The van der Waals surface area contributed by atoms with E-state index in [2.05, 4.69) is 9.97 Å². The minimum Gasteiger partial charge on any atom is -0.358 e. The van der Waals surface area contributed by atoms with Gasteiger partial charge in [0, 0.05) is 12.4 Å². The van der Waals surface area contributed by atoms with Gasteiger partial charge in [0.2, 0.25) is 5.85 Å². The lowest BCUT2D eigenvalue weighted by Crippen LogP contribution is -2.14. The van der Waals surface area contributed by atoms with E-state index in [9.17, 15) is 4.39 Å². The van der Waals surface area contributed by atoms with Crippen molar-refractivity contribution in [3.8, 4) is 0 Å². The van der Waals surface area contributed by atoms with Crippen LogP contribution in [0.25, 0.3) is 0 Å². The maximum absolute atomic E-state index is 12.7. The van der Waals surface area contributed by atoms with Crippen LogP contribution >= 0.6 is 0 Å². The molecule has 0 spiro atoms. The number of hydrogen-bond donors (Lipinski definition) is 1. The Bertz CT molecular complexity index is 240. The smallest absolute Gasteiger partial charge is 0.233 e. The van der Waals surface area contributed by atoms with Gasteiger partial charge in [-0.15, -0.1) is 0 Å². The quantitative estimate of drug-likeness (QED) is 0.657. The maximum Gasteiger partial charge on any atom is 0.233 e. The number of alkyl halides is 1. The normalized spacial score (nSPS) is 16.0. The van der Waals surface area contributed by atoms with E-state index < -0.39 is 5.85 Å². The van der Waals surface area contributed by atoms with Gasteiger partial charge in [0.05, 0.1) is 5.56 Å². The summed E-state index contributed by atoms with van der Waals surface area (Å²) in [5.41, 5.74) is 0.0723. The fourth-order valence-corrected chi connectivity index (χ4v) is 0.628. The molecule has 3 nitrogen and oxygen atoms in total. The van der Waals surface area contributed by atoms with E-state index in [1.54, 1.807) is 6.92 Å². The number of aliphatic hydroxyl groups is 1. The molecule has 1 N–H and O–H groups in total. The average Bonchev–Trinajstić information content (AvgIpc) is 1.86. The topological polar surface area (TPSA) is 46.0 Å². The van der Waals surface area contributed by atoms with Crippen molar-refractivity contribution in [3.63, 3.8) is 0 Å². The lowest BCUT2D eigenvalue weighted by atomic mass is 10.2. The summed E-state index contributed by atoms with van der Waals surface area (Å²) in [6.45, 7) is 2.73. The molecule has 0 fully saturated rings. The van der Waals surface area contributed by atoms with Gasteiger partial charge in [0.25, 0.3) is 0 Å². The molecule has 1 aromatic rings. The van der Waals surface area contributed by atoms with E-state index in [1.165, 1.54) is 12.4 Å². The highest BCUT2D eigenvalue weighted by atomic mass is 19.2. The van der Waals surface area contributed by atoms with Gasteiger partial charge in [-0.2, -0.15) is 0 Å². The van der Waals surface area contributed by atoms with Crippen molar-refractivity contribution in [1.82, 2.24) is 9.97 Å². The number of aryl methyl sites for hydroxylation is 1. The first kappa shape index (κ1) is 8.07. The summed E-state index contributed by atoms with van der Waals surface area (Å²) in [5, 5.41) is 8.83. The molecule has 0 radical (unpaired) electrons. The molecule has 1 rings (SSSR count). The molecule has 1 aromatic heterocycles. The van der Waals surface area contributed by atoms with Crippen molar-refractivity contribution in [2.75, 3.05) is 0 Å². The third kappa shape index (κ3) is 1.94. The molecule has 0 aliphatic carbocycles. The van der Waals surface area contributed by atoms with Crippen LogP contribution in [0.5, 0.6) is 0 Å². The van der Waals surface area contributed by atoms with Crippen LogP contribution in [0.4, 0.5) is 4.39 Å². The van der Waals surface area contributed by atoms with Crippen LogP contribution in [0.2, 0.25) is 0 Å². The Morgan fingerprint density at radius 1 is 1.45 bits per heavy atom. The number of halogens is 1. The second kappa shape index (κ2) is 2.54. The van der Waals surface area contributed by atoms with E-state index in [1.807, 2.05) is 0 Å². The minimum absolute atomic E-state index is 0.0723. The molecule has 0 saturated heterocycles. The second-order valence-corrected chi connectivity index (χ2v) is 2.47. The van der Waals surface area contributed by atoms with Crippen LogP contribution in [0.3, 0.4) is 0 Å². The van der Waals surface area contributed by atoms with Gasteiger partial charge < -0.3 is 5.11 Å². The van der Waals surface area contributed by atoms with Crippen molar-refractivity contribution in [2.45, 2.75) is 19.7 Å². The Balaban J connectivity index is 2.99. The van der Waals surface area contributed by atoms with Crippen LogP contribution in [-0.4, -0.2) is 15.1 Å². The molecular weight excluding hydrogens is 147 g/mol. The van der Waals surface area contributed by atoms with E-state index >= 15 is 0 Å². The van der Waals surface area contributed by atoms with Crippen LogP contribution in [-0.2, 0) is 5.85 Å². The van der Waals surface area contributed by atoms with Gasteiger partial charge in [-0.1, -0.05) is 0 Å². The van der Waals surface area contributed by atoms with Crippen LogP contribution in [0, 0.1) is 6.92 Å². The van der Waals surface area contributed by atoms with Crippen molar-refractivity contribution in [1.29, 1.82) is 0 Å². The SMILES string of the molecule is Cc1ncc(C(C)(O)F)cn1. The monoisotopic (exact) mass is 156 g/mol. The van der Waals surface area contributed by atoms with Gasteiger partial charge in [-0.05, 0) is 13.8 Å². The van der Waals surface area contributed by atoms with Gasteiger partial charge >= 0.3 is 0 Å². The molecule has 0 amide bonds. The molecule has 1 atom stereocenters. The predicted molar refractivity (Wildman–Crippen MR) is 37.4 cm³/mol. The molecule has 0 aliphatic heterocycles. The summed E-state index contributed by atoms with van der Waals surface area (Å²) in [5.74, 6) is -1.79. The van der Waals surface area contributed by atoms with Gasteiger partial charge in [0.15, 0.2) is 0 Å². The lowest BCUT2D eigenvalue weighted by molar-refractivity contribution is -0.0774. The Morgan fingerprint density at radius 2 is 1.91 bits per heavy atom. The first-order valence-corrected chi connectivity index (χ1v) is 3.20. The molecule has 1 heterocycles. The number of hydrogen-bond acceptors (Lipinski definition) is 3. The van der Waals surface area contributed by atoms with Crippen LogP contribution < -0.4 is 0 Å². The van der Waals surface area contributed by atoms with E-state index in [0.29, 0.717) is 5.82 Å². The molecule has 1 unspecified atom stereocenters. The van der Waals surface area contributed by atoms with Crippen LogP contribution in [0.1, 0.15) is 18.3 Å². The summed E-state index contributed by atoms with van der Waals surface area (Å²) in [6.07, 6.45) is 2.53. The van der Waals surface area contributed by atoms with E-state index in [4.69, 9.17) is 5.11 Å². The molecule has 0 bridgehead atoms. The molecule has 4 heteroatoms. The molecule has 60 valence electrons. The summed E-state index contributed by atoms with van der Waals surface area (Å²) in [4.78, 5) is 7.47. The summed E-state index contributed by atoms with van der Waals surface area (Å²) >= 11 is 0. The second-order valence-electron chi connectivity index (χ2n) is 2.47. The van der Waals surface area contributed by atoms with Gasteiger partial charge in [-0.25, -0.2) is 14.4 Å². The highest BCUT2D eigenvalue weighted by molar-refractivity contribution is 5.10. The Hall–Kier alpha value is -1.03. The summed E-state index contributed by atoms with van der Waals surface area (Å²) < 4.78 is 12.7. The highest BCUT2D eigenvalue weighted by Crippen LogP contribution is 2.19. The van der Waals surface area contributed by atoms with E-state index in [0.717, 1.165) is 6.92 Å². The fourth-order valence-electron chi connectivity index (χ4n) is 0.628. The van der Waals surface area contributed by atoms with E-state index in [-0.39, 0.29) is 5.56 Å². The van der Waals surface area contributed by atoms with Crippen molar-refractivity contribution >= 4 is 0 Å². The molecule has 0 saturated carbocycles. The van der Waals surface area contributed by atoms with Crippen LogP contribution in [0.15, 0.2) is 12.4 Å².